The number of imidazole rings is 1. The van der Waals surface area contributed by atoms with Gasteiger partial charge in [-0.1, -0.05) is 12.1 Å². The molecule has 3 heteroatoms. The highest BCUT2D eigenvalue weighted by Gasteiger charge is 1.96. The summed E-state index contributed by atoms with van der Waals surface area (Å²) in [5, 5.41) is 0. The molecule has 0 saturated heterocycles. The van der Waals surface area contributed by atoms with Gasteiger partial charge in [0.25, 0.3) is 0 Å². The van der Waals surface area contributed by atoms with Gasteiger partial charge in [-0.15, -0.1) is 0 Å². The Morgan fingerprint density at radius 1 is 1.43 bits per heavy atom. The summed E-state index contributed by atoms with van der Waals surface area (Å²) < 4.78 is 1.97. The molecule has 2 aromatic rings. The van der Waals surface area contributed by atoms with Crippen LogP contribution < -0.4 is 0 Å². The van der Waals surface area contributed by atoms with Gasteiger partial charge in [-0.05, 0) is 18.2 Å². The second-order valence-electron chi connectivity index (χ2n) is 2.92. The molecule has 0 bridgehead atoms. The van der Waals surface area contributed by atoms with Crippen molar-refractivity contribution in [3.8, 4) is 0 Å². The van der Waals surface area contributed by atoms with Crippen molar-refractivity contribution >= 4 is 18.0 Å². The van der Waals surface area contributed by atoms with Gasteiger partial charge in [-0.2, -0.15) is 0 Å². The largest absolute Gasteiger partial charge is 0.303 e. The van der Waals surface area contributed by atoms with Crippen molar-refractivity contribution in [1.82, 2.24) is 9.38 Å². The number of pyridine rings is 1. The van der Waals surface area contributed by atoms with E-state index < -0.39 is 0 Å². The van der Waals surface area contributed by atoms with Crippen LogP contribution in [0.25, 0.3) is 11.7 Å². The van der Waals surface area contributed by atoms with Gasteiger partial charge in [0.15, 0.2) is 0 Å². The molecule has 2 aromatic heterocycles. The first kappa shape index (κ1) is 8.69. The lowest BCUT2D eigenvalue weighted by molar-refractivity contribution is -0.107. The Bertz CT molecular complexity index is 471. The lowest BCUT2D eigenvalue weighted by atomic mass is 10.3. The van der Waals surface area contributed by atoms with E-state index in [9.17, 15) is 4.79 Å². The molecule has 0 aliphatic carbocycles. The van der Waals surface area contributed by atoms with Crippen molar-refractivity contribution in [3.63, 3.8) is 0 Å². The number of carbonyl (C=O) groups excluding carboxylic acids is 1. The lowest BCUT2D eigenvalue weighted by Crippen LogP contribution is -1.84. The first-order valence-electron chi connectivity index (χ1n) is 4.44. The van der Waals surface area contributed by atoms with Gasteiger partial charge in [0.05, 0.1) is 11.9 Å². The first-order valence-corrected chi connectivity index (χ1v) is 4.44. The summed E-state index contributed by atoms with van der Waals surface area (Å²) in [6.07, 6.45) is 8.77. The number of fused-ring (bicyclic) bond motifs is 1. The van der Waals surface area contributed by atoms with Crippen molar-refractivity contribution < 1.29 is 4.79 Å². The molecular formula is C11H10N2O. The van der Waals surface area contributed by atoms with Crippen LogP contribution in [-0.4, -0.2) is 15.7 Å². The zero-order valence-electron chi connectivity index (χ0n) is 7.63. The summed E-state index contributed by atoms with van der Waals surface area (Å²) in [5.74, 6) is 0. The van der Waals surface area contributed by atoms with Crippen molar-refractivity contribution in [2.45, 2.75) is 6.42 Å². The minimum atomic E-state index is 0.445. The van der Waals surface area contributed by atoms with Gasteiger partial charge < -0.3 is 9.20 Å². The van der Waals surface area contributed by atoms with Gasteiger partial charge >= 0.3 is 0 Å². The predicted octanol–water partition coefficient (Wildman–Crippen LogP) is 1.94. The zero-order valence-corrected chi connectivity index (χ0v) is 7.63. The van der Waals surface area contributed by atoms with Crippen molar-refractivity contribution in [2.75, 3.05) is 0 Å². The Morgan fingerprint density at radius 3 is 3.21 bits per heavy atom. The first-order chi connectivity index (χ1) is 6.92. The highest BCUT2D eigenvalue weighted by Crippen LogP contribution is 2.07. The van der Waals surface area contributed by atoms with E-state index in [4.69, 9.17) is 0 Å². The molecule has 3 nitrogen and oxygen atoms in total. The molecule has 0 aliphatic heterocycles. The second-order valence-corrected chi connectivity index (χ2v) is 2.92. The zero-order chi connectivity index (χ0) is 9.80. The summed E-state index contributed by atoms with van der Waals surface area (Å²) in [4.78, 5) is 14.3. The molecule has 14 heavy (non-hydrogen) atoms. The Morgan fingerprint density at radius 2 is 2.36 bits per heavy atom. The van der Waals surface area contributed by atoms with Crippen LogP contribution in [0.5, 0.6) is 0 Å². The summed E-state index contributed by atoms with van der Waals surface area (Å²) in [5.41, 5.74) is 1.90. The Balaban J connectivity index is 2.38. The predicted molar refractivity (Wildman–Crippen MR) is 54.9 cm³/mol. The van der Waals surface area contributed by atoms with Crippen molar-refractivity contribution in [1.29, 1.82) is 0 Å². The van der Waals surface area contributed by atoms with Gasteiger partial charge in [-0.25, -0.2) is 4.98 Å². The summed E-state index contributed by atoms with van der Waals surface area (Å²) >= 11 is 0. The second kappa shape index (κ2) is 3.87. The van der Waals surface area contributed by atoms with Gasteiger partial charge in [0.1, 0.15) is 11.9 Å². The molecule has 0 atom stereocenters. The topological polar surface area (TPSA) is 34.4 Å². The third-order valence-electron chi connectivity index (χ3n) is 1.97. The maximum atomic E-state index is 10.1. The lowest BCUT2D eigenvalue weighted by Gasteiger charge is -1.93. The Kier molecular flexibility index (Phi) is 2.40. The number of hydrogen-bond donors (Lipinski definition) is 0. The minimum absolute atomic E-state index is 0.445. The quantitative estimate of drug-likeness (QED) is 0.686. The highest BCUT2D eigenvalue weighted by atomic mass is 16.1. The third kappa shape index (κ3) is 1.57. The van der Waals surface area contributed by atoms with Gasteiger partial charge in [0.2, 0.25) is 0 Å². The molecule has 2 heterocycles. The maximum absolute atomic E-state index is 10.1. The van der Waals surface area contributed by atoms with E-state index in [1.54, 1.807) is 6.20 Å². The molecule has 0 unspecified atom stereocenters. The van der Waals surface area contributed by atoms with Crippen LogP contribution in [0.3, 0.4) is 0 Å². The van der Waals surface area contributed by atoms with Crippen LogP contribution in [0.4, 0.5) is 0 Å². The van der Waals surface area contributed by atoms with Gasteiger partial charge in [0, 0.05) is 12.6 Å². The fourth-order valence-corrected chi connectivity index (χ4v) is 1.32. The molecule has 0 fully saturated rings. The molecule has 2 rings (SSSR count). The molecule has 0 aromatic carbocycles. The van der Waals surface area contributed by atoms with Crippen LogP contribution in [0.1, 0.15) is 12.1 Å². The molecule has 0 amide bonds. The standard InChI is InChI=1S/C11H10N2O/c14-8-4-2-5-10-9-12-11-6-1-3-7-13(10)11/h1-3,5-9H,4H2. The van der Waals surface area contributed by atoms with Crippen LogP contribution >= 0.6 is 0 Å². The Labute approximate surface area is 81.7 Å². The van der Waals surface area contributed by atoms with E-state index >= 15 is 0 Å². The monoisotopic (exact) mass is 186 g/mol. The molecule has 0 spiro atoms. The Hall–Kier alpha value is -1.90. The number of aromatic nitrogens is 2. The maximum Gasteiger partial charge on any atom is 0.137 e. The van der Waals surface area contributed by atoms with E-state index in [-0.39, 0.29) is 0 Å². The molecule has 0 N–H and O–H groups in total. The van der Waals surface area contributed by atoms with Crippen LogP contribution in [0.2, 0.25) is 0 Å². The SMILES string of the molecule is O=CCC=Cc1cnc2ccccn12. The van der Waals surface area contributed by atoms with E-state index in [0.29, 0.717) is 6.42 Å². The van der Waals surface area contributed by atoms with E-state index in [0.717, 1.165) is 17.6 Å². The van der Waals surface area contributed by atoms with Crippen molar-refractivity contribution in [3.05, 3.63) is 42.4 Å². The number of nitrogens with zero attached hydrogens (tertiary/aromatic N) is 2. The number of aldehydes is 1. The van der Waals surface area contributed by atoms with E-state index in [2.05, 4.69) is 4.98 Å². The van der Waals surface area contributed by atoms with Gasteiger partial charge in [-0.3, -0.25) is 0 Å². The summed E-state index contributed by atoms with van der Waals surface area (Å²) in [6.45, 7) is 0. The normalized spacial score (nSPS) is 11.1. The molecule has 0 radical (unpaired) electrons. The average Bonchev–Trinajstić information content (AvgIpc) is 2.63. The average molecular weight is 186 g/mol. The smallest absolute Gasteiger partial charge is 0.137 e. The molecular weight excluding hydrogens is 176 g/mol. The minimum Gasteiger partial charge on any atom is -0.303 e. The number of hydrogen-bond acceptors (Lipinski definition) is 2. The summed E-state index contributed by atoms with van der Waals surface area (Å²) in [7, 11) is 0. The summed E-state index contributed by atoms with van der Waals surface area (Å²) in [6, 6.07) is 5.84. The molecule has 0 saturated carbocycles. The van der Waals surface area contributed by atoms with Crippen molar-refractivity contribution in [2.24, 2.45) is 0 Å². The molecule has 70 valence electrons. The highest BCUT2D eigenvalue weighted by molar-refractivity contribution is 5.58. The van der Waals surface area contributed by atoms with Crippen LogP contribution in [0, 0.1) is 0 Å². The molecule has 0 aliphatic rings. The number of allylic oxidation sites excluding steroid dienone is 1. The third-order valence-corrected chi connectivity index (χ3v) is 1.97. The fraction of sp³-hybridized carbons (Fsp3) is 0.0909. The number of carbonyl (C=O) groups is 1. The van der Waals surface area contributed by atoms with Crippen LogP contribution in [-0.2, 0) is 4.79 Å². The fourth-order valence-electron chi connectivity index (χ4n) is 1.32. The van der Waals surface area contributed by atoms with Crippen LogP contribution in [0.15, 0.2) is 36.7 Å². The van der Waals surface area contributed by atoms with E-state index in [1.165, 1.54) is 0 Å². The van der Waals surface area contributed by atoms with E-state index in [1.807, 2.05) is 40.9 Å². The number of rotatable bonds is 3.